The van der Waals surface area contributed by atoms with E-state index in [0.717, 1.165) is 10.1 Å². The van der Waals surface area contributed by atoms with Crippen molar-refractivity contribution in [2.75, 3.05) is 0 Å². The lowest BCUT2D eigenvalue weighted by atomic mass is 9.76. The number of carboxylic acid groups (broad SMARTS) is 1. The zero-order valence-electron chi connectivity index (χ0n) is 11.1. The molecule has 0 saturated carbocycles. The maximum atomic E-state index is 11.5. The monoisotopic (exact) mass is 325 g/mol. The molecular formula is C13H16BrN3O2. The molecule has 0 bridgehead atoms. The lowest BCUT2D eigenvalue weighted by Gasteiger charge is -2.28. The number of carboxylic acids is 1. The first kappa shape index (κ1) is 14.0. The topological polar surface area (TPSA) is 67.5 Å². The van der Waals surface area contributed by atoms with Gasteiger partial charge in [-0.15, -0.1) is 10.2 Å². The van der Waals surface area contributed by atoms with Gasteiger partial charge in [-0.3, -0.25) is 9.20 Å². The average molecular weight is 326 g/mol. The molecule has 2 heterocycles. The molecule has 1 N–H and O–H groups in total. The Morgan fingerprint density at radius 2 is 2.16 bits per heavy atom. The molecule has 0 spiro atoms. The molecule has 1 atom stereocenters. The molecular weight excluding hydrogens is 310 g/mol. The van der Waals surface area contributed by atoms with E-state index >= 15 is 0 Å². The summed E-state index contributed by atoms with van der Waals surface area (Å²) in [4.78, 5) is 11.5. The Labute approximate surface area is 119 Å². The highest BCUT2D eigenvalue weighted by atomic mass is 79.9. The molecule has 0 amide bonds. The van der Waals surface area contributed by atoms with Crippen molar-refractivity contribution in [1.82, 2.24) is 14.6 Å². The lowest BCUT2D eigenvalue weighted by molar-refractivity contribution is -0.150. The van der Waals surface area contributed by atoms with Gasteiger partial charge in [0, 0.05) is 17.1 Å². The van der Waals surface area contributed by atoms with Crippen LogP contribution in [0.15, 0.2) is 22.8 Å². The van der Waals surface area contributed by atoms with Crippen LogP contribution in [0.5, 0.6) is 0 Å². The van der Waals surface area contributed by atoms with Crippen LogP contribution >= 0.6 is 15.9 Å². The first-order valence-corrected chi connectivity index (χ1v) is 6.86. The molecule has 2 aromatic rings. The van der Waals surface area contributed by atoms with Crippen LogP contribution in [0.3, 0.4) is 0 Å². The number of nitrogens with zero attached hydrogens (tertiary/aromatic N) is 3. The van der Waals surface area contributed by atoms with Crippen molar-refractivity contribution in [1.29, 1.82) is 0 Å². The average Bonchev–Trinajstić information content (AvgIpc) is 2.71. The number of aliphatic carboxylic acids is 1. The van der Waals surface area contributed by atoms with Gasteiger partial charge in [0.25, 0.3) is 0 Å². The Kier molecular flexibility index (Phi) is 3.62. The van der Waals surface area contributed by atoms with Crippen LogP contribution in [0.4, 0.5) is 0 Å². The smallest absolute Gasteiger partial charge is 0.310 e. The Morgan fingerprint density at radius 1 is 1.47 bits per heavy atom. The second kappa shape index (κ2) is 4.92. The van der Waals surface area contributed by atoms with Gasteiger partial charge in [0.1, 0.15) is 5.82 Å². The minimum atomic E-state index is -0.856. The molecule has 6 heteroatoms. The lowest BCUT2D eigenvalue weighted by Crippen LogP contribution is -2.36. The van der Waals surface area contributed by atoms with E-state index in [4.69, 9.17) is 0 Å². The summed E-state index contributed by atoms with van der Waals surface area (Å²) in [5.74, 6) is -0.145. The van der Waals surface area contributed by atoms with Crippen LogP contribution in [0.1, 0.15) is 26.6 Å². The Bertz CT molecular complexity index is 623. The molecule has 0 aliphatic rings. The fourth-order valence-corrected chi connectivity index (χ4v) is 2.22. The zero-order valence-corrected chi connectivity index (χ0v) is 12.7. The summed E-state index contributed by atoms with van der Waals surface area (Å²) < 4.78 is 2.73. The minimum Gasteiger partial charge on any atom is -0.481 e. The molecule has 0 aromatic carbocycles. The van der Waals surface area contributed by atoms with E-state index < -0.39 is 11.4 Å². The number of hydrogen-bond donors (Lipinski definition) is 1. The van der Waals surface area contributed by atoms with Crippen LogP contribution in [-0.2, 0) is 11.2 Å². The predicted molar refractivity (Wildman–Crippen MR) is 75.0 cm³/mol. The van der Waals surface area contributed by atoms with Crippen LogP contribution < -0.4 is 0 Å². The third kappa shape index (κ3) is 2.49. The van der Waals surface area contributed by atoms with Gasteiger partial charge in [0.05, 0.1) is 5.41 Å². The number of halogens is 1. The molecule has 5 nitrogen and oxygen atoms in total. The summed E-state index contributed by atoms with van der Waals surface area (Å²) >= 11 is 3.40. The fraction of sp³-hybridized carbons (Fsp3) is 0.462. The number of aromatic nitrogens is 3. The van der Waals surface area contributed by atoms with E-state index in [2.05, 4.69) is 26.1 Å². The van der Waals surface area contributed by atoms with Gasteiger partial charge in [0.2, 0.25) is 0 Å². The number of hydrogen-bond acceptors (Lipinski definition) is 3. The molecule has 2 rings (SSSR count). The zero-order chi connectivity index (χ0) is 14.2. The van der Waals surface area contributed by atoms with E-state index in [1.54, 1.807) is 6.92 Å². The maximum absolute atomic E-state index is 11.5. The molecule has 0 saturated heterocycles. The quantitative estimate of drug-likeness (QED) is 0.938. The Balaban J connectivity index is 2.45. The molecule has 102 valence electrons. The van der Waals surface area contributed by atoms with Crippen LogP contribution in [-0.4, -0.2) is 25.7 Å². The third-order valence-electron chi connectivity index (χ3n) is 3.73. The van der Waals surface area contributed by atoms with Gasteiger partial charge >= 0.3 is 5.97 Å². The molecule has 19 heavy (non-hydrogen) atoms. The number of fused-ring (bicyclic) bond motifs is 1. The van der Waals surface area contributed by atoms with Gasteiger partial charge < -0.3 is 5.11 Å². The normalized spacial score (nSPS) is 14.8. The minimum absolute atomic E-state index is 0.00417. The largest absolute Gasteiger partial charge is 0.481 e. The second-order valence-electron chi connectivity index (χ2n) is 5.25. The van der Waals surface area contributed by atoms with Crippen molar-refractivity contribution < 1.29 is 9.90 Å². The van der Waals surface area contributed by atoms with Crippen molar-refractivity contribution in [2.45, 2.75) is 27.2 Å². The highest BCUT2D eigenvalue weighted by Crippen LogP contribution is 2.31. The van der Waals surface area contributed by atoms with Gasteiger partial charge in [-0.2, -0.15) is 0 Å². The number of rotatable bonds is 4. The highest BCUT2D eigenvalue weighted by Gasteiger charge is 2.38. The predicted octanol–water partition coefficient (Wildman–Crippen LogP) is 2.78. The third-order valence-corrected chi connectivity index (χ3v) is 4.19. The summed E-state index contributed by atoms with van der Waals surface area (Å²) in [5.41, 5.74) is -0.139. The van der Waals surface area contributed by atoms with Crippen LogP contribution in [0.2, 0.25) is 0 Å². The van der Waals surface area contributed by atoms with Crippen molar-refractivity contribution >= 4 is 27.5 Å². The molecule has 0 radical (unpaired) electrons. The highest BCUT2D eigenvalue weighted by molar-refractivity contribution is 9.10. The van der Waals surface area contributed by atoms with Crippen molar-refractivity contribution in [2.24, 2.45) is 11.3 Å². The summed E-state index contributed by atoms with van der Waals surface area (Å²) in [6.45, 7) is 5.57. The summed E-state index contributed by atoms with van der Waals surface area (Å²) in [6.07, 6.45) is 2.20. The van der Waals surface area contributed by atoms with Crippen molar-refractivity contribution in [3.8, 4) is 0 Å². The number of carbonyl (C=O) groups is 1. The number of pyridine rings is 1. The van der Waals surface area contributed by atoms with Crippen LogP contribution in [0.25, 0.3) is 5.65 Å². The first-order chi connectivity index (χ1) is 8.84. The van der Waals surface area contributed by atoms with Gasteiger partial charge in [-0.1, -0.05) is 13.8 Å². The van der Waals surface area contributed by atoms with Crippen LogP contribution in [0, 0.1) is 11.3 Å². The van der Waals surface area contributed by atoms with Gasteiger partial charge in [-0.25, -0.2) is 0 Å². The fourth-order valence-electron chi connectivity index (χ4n) is 1.89. The molecule has 2 aromatic heterocycles. The summed E-state index contributed by atoms with van der Waals surface area (Å²) in [6, 6.07) is 3.72. The first-order valence-electron chi connectivity index (χ1n) is 6.07. The SMILES string of the molecule is CC(C)C(C)(Cc1nnc2ccc(Br)cn12)C(=O)O. The van der Waals surface area contributed by atoms with E-state index in [1.807, 2.05) is 36.6 Å². The Morgan fingerprint density at radius 3 is 2.74 bits per heavy atom. The molecule has 1 unspecified atom stereocenters. The van der Waals surface area contributed by atoms with E-state index in [-0.39, 0.29) is 5.92 Å². The van der Waals surface area contributed by atoms with E-state index in [9.17, 15) is 9.90 Å². The van der Waals surface area contributed by atoms with Gasteiger partial charge in [-0.05, 0) is 40.9 Å². The summed E-state index contributed by atoms with van der Waals surface area (Å²) in [5, 5.41) is 17.6. The maximum Gasteiger partial charge on any atom is 0.310 e. The van der Waals surface area contributed by atoms with E-state index in [1.165, 1.54) is 0 Å². The Hall–Kier alpha value is -1.43. The van der Waals surface area contributed by atoms with E-state index in [0.29, 0.717) is 12.2 Å². The molecule has 0 aliphatic heterocycles. The second-order valence-corrected chi connectivity index (χ2v) is 6.16. The molecule has 0 fully saturated rings. The van der Waals surface area contributed by atoms with Crippen molar-refractivity contribution in [3.63, 3.8) is 0 Å². The van der Waals surface area contributed by atoms with Gasteiger partial charge in [0.15, 0.2) is 5.65 Å². The summed E-state index contributed by atoms with van der Waals surface area (Å²) in [7, 11) is 0. The standard InChI is InChI=1S/C13H16BrN3O2/c1-8(2)13(3,12(18)19)6-11-16-15-10-5-4-9(14)7-17(10)11/h4-5,7-8H,6H2,1-3H3,(H,18,19). The van der Waals surface area contributed by atoms with Crippen molar-refractivity contribution in [3.05, 3.63) is 28.6 Å². The molecule has 0 aliphatic carbocycles.